The lowest BCUT2D eigenvalue weighted by Crippen LogP contribution is -2.33. The molecule has 1 aliphatic rings. The first-order chi connectivity index (χ1) is 8.63. The van der Waals surface area contributed by atoms with Gasteiger partial charge in [0.05, 0.1) is 0 Å². The van der Waals surface area contributed by atoms with Gasteiger partial charge in [-0.15, -0.1) is 11.3 Å². The lowest BCUT2D eigenvalue weighted by Gasteiger charge is -2.11. The predicted molar refractivity (Wildman–Crippen MR) is 71.7 cm³/mol. The number of unbranched alkanes of at least 4 members (excludes halogenated alkanes) is 1. The van der Waals surface area contributed by atoms with Gasteiger partial charge in [-0.1, -0.05) is 13.3 Å². The maximum atomic E-state index is 12.1. The van der Waals surface area contributed by atoms with Gasteiger partial charge in [0, 0.05) is 17.8 Å². The summed E-state index contributed by atoms with van der Waals surface area (Å²) >= 11 is 1.64. The van der Waals surface area contributed by atoms with Gasteiger partial charge in [0.25, 0.3) is 5.91 Å². The second-order valence-electron chi connectivity index (χ2n) is 4.58. The van der Waals surface area contributed by atoms with Gasteiger partial charge in [0.15, 0.2) is 0 Å². The Morgan fingerprint density at radius 2 is 2.22 bits per heavy atom. The predicted octanol–water partition coefficient (Wildman–Crippen LogP) is 2.32. The number of aryl methyl sites for hydroxylation is 1. The zero-order valence-corrected chi connectivity index (χ0v) is 11.5. The summed E-state index contributed by atoms with van der Waals surface area (Å²) in [7, 11) is 0. The van der Waals surface area contributed by atoms with E-state index >= 15 is 0 Å². The van der Waals surface area contributed by atoms with Gasteiger partial charge in [-0.3, -0.25) is 9.69 Å². The molecule has 18 heavy (non-hydrogen) atoms. The molecule has 1 fully saturated rings. The fourth-order valence-corrected chi connectivity index (χ4v) is 3.00. The summed E-state index contributed by atoms with van der Waals surface area (Å²) < 4.78 is 0. The van der Waals surface area contributed by atoms with Crippen molar-refractivity contribution in [3.05, 3.63) is 21.9 Å². The average Bonchev–Trinajstić information content (AvgIpc) is 2.84. The topological polar surface area (TPSA) is 49.4 Å². The molecule has 0 spiro atoms. The van der Waals surface area contributed by atoms with Gasteiger partial charge in [-0.25, -0.2) is 4.79 Å². The van der Waals surface area contributed by atoms with Crippen molar-refractivity contribution in [1.29, 1.82) is 0 Å². The average molecular weight is 266 g/mol. The van der Waals surface area contributed by atoms with Gasteiger partial charge in [0.1, 0.15) is 6.04 Å². The standard InChI is InChI=1S/C13H18N2O2S/c1-3-4-6-15-12(16)10(14-13(15)17)8-11-9(2)5-7-18-11/h5,7,10H,3-4,6,8H2,1-2H3,(H,14,17). The van der Waals surface area contributed by atoms with Gasteiger partial charge < -0.3 is 5.32 Å². The van der Waals surface area contributed by atoms with Crippen LogP contribution in [0.3, 0.4) is 0 Å². The number of rotatable bonds is 5. The van der Waals surface area contributed by atoms with Crippen molar-refractivity contribution in [2.24, 2.45) is 0 Å². The quantitative estimate of drug-likeness (QED) is 0.831. The maximum absolute atomic E-state index is 12.1. The van der Waals surface area contributed by atoms with Crippen LogP contribution < -0.4 is 5.32 Å². The van der Waals surface area contributed by atoms with Crippen LogP contribution in [0.25, 0.3) is 0 Å². The third-order valence-electron chi connectivity index (χ3n) is 3.20. The van der Waals surface area contributed by atoms with E-state index in [4.69, 9.17) is 0 Å². The number of amides is 3. The monoisotopic (exact) mass is 266 g/mol. The van der Waals surface area contributed by atoms with Crippen LogP contribution in [0, 0.1) is 6.92 Å². The first kappa shape index (κ1) is 13.1. The van der Waals surface area contributed by atoms with Crippen molar-refractivity contribution in [1.82, 2.24) is 10.2 Å². The minimum Gasteiger partial charge on any atom is -0.325 e. The Balaban J connectivity index is 2.02. The minimum atomic E-state index is -0.383. The van der Waals surface area contributed by atoms with E-state index in [0.29, 0.717) is 13.0 Å². The van der Waals surface area contributed by atoms with Gasteiger partial charge in [-0.05, 0) is 30.4 Å². The number of nitrogens with one attached hydrogen (secondary N) is 1. The second-order valence-corrected chi connectivity index (χ2v) is 5.58. The fraction of sp³-hybridized carbons (Fsp3) is 0.538. The zero-order chi connectivity index (χ0) is 13.1. The molecule has 2 heterocycles. The molecule has 1 N–H and O–H groups in total. The number of urea groups is 1. The highest BCUT2D eigenvalue weighted by Crippen LogP contribution is 2.20. The lowest BCUT2D eigenvalue weighted by atomic mass is 10.1. The Labute approximate surface area is 111 Å². The van der Waals surface area contributed by atoms with Crippen LogP contribution in [0.15, 0.2) is 11.4 Å². The molecule has 98 valence electrons. The third kappa shape index (κ3) is 2.56. The first-order valence-corrected chi connectivity index (χ1v) is 7.16. The van der Waals surface area contributed by atoms with Crippen molar-refractivity contribution in [3.63, 3.8) is 0 Å². The largest absolute Gasteiger partial charge is 0.325 e. The Hall–Kier alpha value is -1.36. The summed E-state index contributed by atoms with van der Waals surface area (Å²) in [6.45, 7) is 4.61. The van der Waals surface area contributed by atoms with Crippen LogP contribution >= 0.6 is 11.3 Å². The normalized spacial score (nSPS) is 19.4. The van der Waals surface area contributed by atoms with Gasteiger partial charge in [0.2, 0.25) is 0 Å². The van der Waals surface area contributed by atoms with Gasteiger partial charge >= 0.3 is 6.03 Å². The molecule has 0 bridgehead atoms. The van der Waals surface area contributed by atoms with E-state index in [-0.39, 0.29) is 18.0 Å². The molecule has 2 rings (SSSR count). The molecule has 1 aromatic rings. The molecule has 3 amide bonds. The molecule has 1 aromatic heterocycles. The molecule has 5 heteroatoms. The van der Waals surface area contributed by atoms with Crippen LogP contribution in [0.5, 0.6) is 0 Å². The molecule has 0 aliphatic carbocycles. The summed E-state index contributed by atoms with van der Waals surface area (Å²) in [4.78, 5) is 26.3. The van der Waals surface area contributed by atoms with Crippen molar-refractivity contribution in [3.8, 4) is 0 Å². The molecule has 1 saturated heterocycles. The van der Waals surface area contributed by atoms with Crippen molar-refractivity contribution in [2.75, 3.05) is 6.54 Å². The Morgan fingerprint density at radius 1 is 1.44 bits per heavy atom. The maximum Gasteiger partial charge on any atom is 0.324 e. The van der Waals surface area contributed by atoms with E-state index in [9.17, 15) is 9.59 Å². The van der Waals surface area contributed by atoms with E-state index in [1.54, 1.807) is 11.3 Å². The smallest absolute Gasteiger partial charge is 0.324 e. The number of carbonyl (C=O) groups is 2. The fourth-order valence-electron chi connectivity index (χ4n) is 2.04. The van der Waals surface area contributed by atoms with E-state index in [0.717, 1.165) is 12.8 Å². The summed E-state index contributed by atoms with van der Waals surface area (Å²) in [6.07, 6.45) is 2.45. The summed E-state index contributed by atoms with van der Waals surface area (Å²) in [5.41, 5.74) is 1.19. The highest BCUT2D eigenvalue weighted by atomic mass is 32.1. The summed E-state index contributed by atoms with van der Waals surface area (Å²) in [5, 5.41) is 4.79. The number of hydrogen-bond acceptors (Lipinski definition) is 3. The second kappa shape index (κ2) is 5.52. The highest BCUT2D eigenvalue weighted by Gasteiger charge is 2.37. The zero-order valence-electron chi connectivity index (χ0n) is 10.7. The Bertz CT molecular complexity index is 456. The van der Waals surface area contributed by atoms with E-state index < -0.39 is 0 Å². The molecule has 0 radical (unpaired) electrons. The SMILES string of the molecule is CCCCN1C(=O)NC(Cc2sccc2C)C1=O. The van der Waals surface area contributed by atoms with Crippen LogP contribution in [0.4, 0.5) is 4.79 Å². The number of carbonyl (C=O) groups excluding carboxylic acids is 2. The molecular weight excluding hydrogens is 248 g/mol. The van der Waals surface area contributed by atoms with Crippen molar-refractivity contribution < 1.29 is 9.59 Å². The molecule has 1 aliphatic heterocycles. The van der Waals surface area contributed by atoms with Crippen molar-refractivity contribution in [2.45, 2.75) is 39.2 Å². The van der Waals surface area contributed by atoms with Gasteiger partial charge in [-0.2, -0.15) is 0 Å². The third-order valence-corrected chi connectivity index (χ3v) is 4.25. The first-order valence-electron chi connectivity index (χ1n) is 6.28. The molecule has 0 aromatic carbocycles. The highest BCUT2D eigenvalue weighted by molar-refractivity contribution is 7.10. The van der Waals surface area contributed by atoms with Crippen LogP contribution in [-0.4, -0.2) is 29.4 Å². The van der Waals surface area contributed by atoms with Crippen LogP contribution in [0.2, 0.25) is 0 Å². The van der Waals surface area contributed by atoms with E-state index in [1.807, 2.05) is 25.3 Å². The van der Waals surface area contributed by atoms with E-state index in [1.165, 1.54) is 15.3 Å². The summed E-state index contributed by atoms with van der Waals surface area (Å²) in [6, 6.07) is 1.41. The van der Waals surface area contributed by atoms with E-state index in [2.05, 4.69) is 5.32 Å². The summed E-state index contributed by atoms with van der Waals surface area (Å²) in [5.74, 6) is -0.0822. The van der Waals surface area contributed by atoms with Crippen LogP contribution in [-0.2, 0) is 11.2 Å². The molecule has 4 nitrogen and oxygen atoms in total. The van der Waals surface area contributed by atoms with Crippen molar-refractivity contribution >= 4 is 23.3 Å². The van der Waals surface area contributed by atoms with Crippen LogP contribution in [0.1, 0.15) is 30.2 Å². The lowest BCUT2D eigenvalue weighted by molar-refractivity contribution is -0.127. The number of thiophene rings is 1. The molecule has 1 unspecified atom stereocenters. The minimum absolute atomic E-state index is 0.0822. The molecule has 1 atom stereocenters. The molecular formula is C13H18N2O2S. The number of nitrogens with zero attached hydrogens (tertiary/aromatic N) is 1. The molecule has 0 saturated carbocycles. The number of imide groups is 1. The number of hydrogen-bond donors (Lipinski definition) is 1. The Morgan fingerprint density at radius 3 is 2.83 bits per heavy atom. The Kier molecular flexibility index (Phi) is 4.01.